The van der Waals surface area contributed by atoms with Crippen LogP contribution >= 0.6 is 0 Å². The topological polar surface area (TPSA) is 75.7 Å². The highest BCUT2D eigenvalue weighted by Gasteiger charge is 2.34. The molecule has 1 aliphatic carbocycles. The second-order valence-corrected chi connectivity index (χ2v) is 14.3. The molecule has 5 atom stereocenters. The molecule has 4 unspecified atom stereocenters. The molecule has 0 aliphatic heterocycles. The summed E-state index contributed by atoms with van der Waals surface area (Å²) in [4.78, 5) is 42.5. The Balaban J connectivity index is 0.00000409. The molecule has 272 valence electrons. The van der Waals surface area contributed by atoms with E-state index in [0.717, 1.165) is 35.5 Å². The number of nitrogens with zero attached hydrogens (tertiary/aromatic N) is 1. The van der Waals surface area contributed by atoms with Crippen LogP contribution in [0.25, 0.3) is 0 Å². The van der Waals surface area contributed by atoms with Gasteiger partial charge in [-0.2, -0.15) is 0 Å². The summed E-state index contributed by atoms with van der Waals surface area (Å²) in [5.41, 5.74) is 3.05. The molecule has 6 heteroatoms. The molecule has 0 heterocycles. The number of amides is 1. The lowest BCUT2D eigenvalue weighted by Crippen LogP contribution is -2.45. The fourth-order valence-corrected chi connectivity index (χ4v) is 6.77. The van der Waals surface area contributed by atoms with Crippen LogP contribution in [-0.2, 0) is 25.7 Å². The van der Waals surface area contributed by atoms with Crippen LogP contribution in [0.2, 0.25) is 0 Å². The average Bonchev–Trinajstić information content (AvgIpc) is 3.38. The molecule has 1 saturated carbocycles. The van der Waals surface area contributed by atoms with E-state index in [9.17, 15) is 14.4 Å². The van der Waals surface area contributed by atoms with Crippen LogP contribution in [0, 0.1) is 29.6 Å². The second-order valence-electron chi connectivity index (χ2n) is 14.3. The molecule has 0 bridgehead atoms. The molecular weight excluding hydrogens is 608 g/mol. The van der Waals surface area contributed by atoms with Crippen LogP contribution in [0.3, 0.4) is 0 Å². The van der Waals surface area contributed by atoms with Crippen molar-refractivity contribution in [2.75, 3.05) is 13.2 Å². The number of rotatable bonds is 18. The highest BCUT2D eigenvalue weighted by atomic mass is 16.5. The molecule has 6 nitrogen and oxygen atoms in total. The number of nitrogens with one attached hydrogen (secondary N) is 1. The van der Waals surface area contributed by atoms with E-state index in [0.29, 0.717) is 31.4 Å². The molecule has 0 spiro atoms. The third kappa shape index (κ3) is 13.9. The van der Waals surface area contributed by atoms with E-state index in [4.69, 9.17) is 4.74 Å². The lowest BCUT2D eigenvalue weighted by Gasteiger charge is -2.34. The fourth-order valence-electron chi connectivity index (χ4n) is 6.77. The number of benzene rings is 2. The second kappa shape index (κ2) is 22.5. The standard InChI is InChI=1S/C41H60N2O4.C2H6/c1-8-43(39(36-18-13-10-14-19-36)40(45)32(7)35-21-15-20-34(23-24-35)29(2)3)26-31(6)22-25-38(44)37(42-41(46)30(4)5)28-47-27-33-16-11-9-12-17-33;1-2/h9-14,16-19,26,29-30,32,34-35,37,39H,8,15,20-25,27-28H2,1-7H3,(H,42,46);1-2H3/b31-26+;/t32?,34?,35?,37-,39?;/m1./s1. The van der Waals surface area contributed by atoms with E-state index in [2.05, 4.69) is 56.2 Å². The number of hydrogen-bond donors (Lipinski definition) is 1. The van der Waals surface area contributed by atoms with E-state index in [1.165, 1.54) is 19.3 Å². The largest absolute Gasteiger partial charge is 0.374 e. The first-order valence-corrected chi connectivity index (χ1v) is 19.0. The van der Waals surface area contributed by atoms with Crippen molar-refractivity contribution in [3.63, 3.8) is 0 Å². The van der Waals surface area contributed by atoms with Crippen molar-refractivity contribution >= 4 is 17.5 Å². The molecule has 2 aromatic carbocycles. The Labute approximate surface area is 298 Å². The zero-order valence-electron chi connectivity index (χ0n) is 32.0. The number of Topliss-reactive ketones (excluding diaryl/α,β-unsaturated/α-hetero) is 2. The Bertz CT molecular complexity index is 1270. The normalized spacial score (nSPS) is 18.5. The van der Waals surface area contributed by atoms with Gasteiger partial charge in [-0.25, -0.2) is 0 Å². The number of ether oxygens (including phenoxy) is 1. The number of ketones is 2. The quantitative estimate of drug-likeness (QED) is 0.159. The number of carbonyl (C=O) groups is 3. The van der Waals surface area contributed by atoms with Gasteiger partial charge in [0.25, 0.3) is 0 Å². The molecule has 1 amide bonds. The molecule has 2 aromatic rings. The SMILES string of the molecule is CC.CCN(/C=C(\C)CCC(=O)[C@@H](COCc1ccccc1)NC(=O)C(C)C)C(C(=O)C(C)C1CCCC(C(C)C)CC1)c1ccccc1. The first-order chi connectivity index (χ1) is 23.5. The van der Waals surface area contributed by atoms with Crippen molar-refractivity contribution in [3.05, 3.63) is 83.6 Å². The van der Waals surface area contributed by atoms with Gasteiger partial charge in [-0.3, -0.25) is 14.4 Å². The van der Waals surface area contributed by atoms with Crippen LogP contribution in [0.15, 0.2) is 72.4 Å². The van der Waals surface area contributed by atoms with E-state index >= 15 is 0 Å². The van der Waals surface area contributed by atoms with Crippen molar-refractivity contribution in [2.45, 2.75) is 126 Å². The molecular formula is C43H66N2O4. The van der Waals surface area contributed by atoms with Gasteiger partial charge in [-0.1, -0.05) is 128 Å². The number of likely N-dealkylation sites (N-methyl/N-ethyl adjacent to an activating group) is 1. The van der Waals surface area contributed by atoms with Gasteiger partial charge >= 0.3 is 0 Å². The van der Waals surface area contributed by atoms with Crippen LogP contribution in [0.1, 0.15) is 124 Å². The minimum atomic E-state index is -0.710. The minimum absolute atomic E-state index is 0.0309. The summed E-state index contributed by atoms with van der Waals surface area (Å²) in [6.07, 6.45) is 8.78. The summed E-state index contributed by atoms with van der Waals surface area (Å²) >= 11 is 0. The Kier molecular flexibility index (Phi) is 19.2. The summed E-state index contributed by atoms with van der Waals surface area (Å²) < 4.78 is 5.88. The number of carbonyl (C=O) groups excluding carboxylic acids is 3. The molecule has 0 saturated heterocycles. The summed E-state index contributed by atoms with van der Waals surface area (Å²) in [6, 6.07) is 18.8. The van der Waals surface area contributed by atoms with E-state index in [-0.39, 0.29) is 48.4 Å². The first kappa shape index (κ1) is 41.9. The molecule has 0 aromatic heterocycles. The maximum Gasteiger partial charge on any atom is 0.223 e. The summed E-state index contributed by atoms with van der Waals surface area (Å²) in [7, 11) is 0. The van der Waals surface area contributed by atoms with Crippen LogP contribution in [0.4, 0.5) is 0 Å². The summed E-state index contributed by atoms with van der Waals surface area (Å²) in [6.45, 7) is 19.7. The van der Waals surface area contributed by atoms with Crippen LogP contribution in [0.5, 0.6) is 0 Å². The molecule has 49 heavy (non-hydrogen) atoms. The first-order valence-electron chi connectivity index (χ1n) is 19.0. The van der Waals surface area contributed by atoms with Crippen molar-refractivity contribution in [3.8, 4) is 0 Å². The van der Waals surface area contributed by atoms with Gasteiger partial charge in [0.2, 0.25) is 5.91 Å². The molecule has 1 fully saturated rings. The Morgan fingerprint density at radius 1 is 0.857 bits per heavy atom. The highest BCUT2D eigenvalue weighted by Crippen LogP contribution is 2.38. The Morgan fingerprint density at radius 2 is 1.45 bits per heavy atom. The number of hydrogen-bond acceptors (Lipinski definition) is 5. The van der Waals surface area contributed by atoms with Crippen molar-refractivity contribution in [1.82, 2.24) is 10.2 Å². The van der Waals surface area contributed by atoms with Crippen molar-refractivity contribution in [1.29, 1.82) is 0 Å². The van der Waals surface area contributed by atoms with E-state index < -0.39 is 6.04 Å². The van der Waals surface area contributed by atoms with Crippen LogP contribution < -0.4 is 5.32 Å². The van der Waals surface area contributed by atoms with Gasteiger partial charge in [0.05, 0.1) is 13.2 Å². The highest BCUT2D eigenvalue weighted by molar-refractivity contribution is 5.90. The maximum atomic E-state index is 14.4. The molecule has 0 radical (unpaired) electrons. The van der Waals surface area contributed by atoms with Gasteiger partial charge in [-0.05, 0) is 74.6 Å². The van der Waals surface area contributed by atoms with Gasteiger partial charge in [-0.15, -0.1) is 0 Å². The van der Waals surface area contributed by atoms with Gasteiger partial charge in [0, 0.05) is 24.8 Å². The fraction of sp³-hybridized carbons (Fsp3) is 0.605. The molecule has 1 N–H and O–H groups in total. The summed E-state index contributed by atoms with van der Waals surface area (Å²) in [5.74, 6) is 1.64. The zero-order valence-corrected chi connectivity index (χ0v) is 32.0. The van der Waals surface area contributed by atoms with E-state index in [1.807, 2.05) is 83.1 Å². The summed E-state index contributed by atoms with van der Waals surface area (Å²) in [5, 5.41) is 2.90. The van der Waals surface area contributed by atoms with Crippen LogP contribution in [-0.4, -0.2) is 41.6 Å². The lowest BCUT2D eigenvalue weighted by atomic mass is 9.80. The third-order valence-electron chi connectivity index (χ3n) is 10.0. The zero-order chi connectivity index (χ0) is 36.3. The van der Waals surface area contributed by atoms with Gasteiger partial charge in [0.15, 0.2) is 11.6 Å². The molecule has 1 aliphatic rings. The number of allylic oxidation sites excluding steroid dienone is 1. The lowest BCUT2D eigenvalue weighted by molar-refractivity contribution is -0.131. The predicted molar refractivity (Wildman–Crippen MR) is 203 cm³/mol. The van der Waals surface area contributed by atoms with Gasteiger partial charge < -0.3 is 15.0 Å². The van der Waals surface area contributed by atoms with Crippen molar-refractivity contribution in [2.24, 2.45) is 29.6 Å². The Morgan fingerprint density at radius 3 is 2.04 bits per heavy atom. The molecule has 3 rings (SSSR count). The van der Waals surface area contributed by atoms with Crippen molar-refractivity contribution < 1.29 is 19.1 Å². The van der Waals surface area contributed by atoms with Gasteiger partial charge in [0.1, 0.15) is 12.1 Å². The smallest absolute Gasteiger partial charge is 0.223 e. The average molecular weight is 675 g/mol. The monoisotopic (exact) mass is 675 g/mol. The predicted octanol–water partition coefficient (Wildman–Crippen LogP) is 9.74. The maximum absolute atomic E-state index is 14.4. The third-order valence-corrected chi connectivity index (χ3v) is 10.0. The minimum Gasteiger partial charge on any atom is -0.374 e. The van der Waals surface area contributed by atoms with E-state index in [1.54, 1.807) is 0 Å². The Hall–Kier alpha value is -3.25.